The van der Waals surface area contributed by atoms with Gasteiger partial charge in [-0.1, -0.05) is 11.6 Å². The van der Waals surface area contributed by atoms with Crippen LogP contribution >= 0.6 is 0 Å². The topological polar surface area (TPSA) is 59.1 Å². The lowest BCUT2D eigenvalue weighted by Gasteiger charge is -2.03. The van der Waals surface area contributed by atoms with Crippen LogP contribution in [-0.2, 0) is 14.3 Å². The summed E-state index contributed by atoms with van der Waals surface area (Å²) in [6.07, 6.45) is 6.14. The zero-order chi connectivity index (χ0) is 13.6. The molecule has 0 aliphatic carbocycles. The largest absolute Gasteiger partial charge is 0.466 e. The molecular formula is C14H24O4. The van der Waals surface area contributed by atoms with E-state index in [-0.39, 0.29) is 24.3 Å². The van der Waals surface area contributed by atoms with Crippen molar-refractivity contribution in [2.75, 3.05) is 13.2 Å². The molecular weight excluding hydrogens is 232 g/mol. The molecule has 0 aromatic heterocycles. The highest BCUT2D eigenvalue weighted by Crippen LogP contribution is 2.39. The maximum absolute atomic E-state index is 10.5. The highest BCUT2D eigenvalue weighted by atomic mass is 16.6. The summed E-state index contributed by atoms with van der Waals surface area (Å²) in [7, 11) is 0. The second-order valence-electron chi connectivity index (χ2n) is 5.15. The smallest absolute Gasteiger partial charge is 0.302 e. The summed E-state index contributed by atoms with van der Waals surface area (Å²) in [5.41, 5.74) is 1.03. The molecule has 1 fully saturated rings. The van der Waals surface area contributed by atoms with E-state index in [4.69, 9.17) is 14.6 Å². The second-order valence-corrected chi connectivity index (χ2v) is 5.15. The number of hydrogen-bond acceptors (Lipinski definition) is 4. The van der Waals surface area contributed by atoms with Gasteiger partial charge in [0.05, 0.1) is 19.3 Å². The molecule has 0 unspecified atom stereocenters. The van der Waals surface area contributed by atoms with Crippen molar-refractivity contribution < 1.29 is 19.4 Å². The Morgan fingerprint density at radius 3 is 2.78 bits per heavy atom. The van der Waals surface area contributed by atoms with Crippen molar-refractivity contribution in [1.82, 2.24) is 0 Å². The first-order valence-corrected chi connectivity index (χ1v) is 6.55. The van der Waals surface area contributed by atoms with Crippen LogP contribution in [0.3, 0.4) is 0 Å². The molecule has 1 saturated heterocycles. The third kappa shape index (κ3) is 5.19. The second kappa shape index (κ2) is 6.90. The van der Waals surface area contributed by atoms with Crippen molar-refractivity contribution in [3.8, 4) is 0 Å². The summed E-state index contributed by atoms with van der Waals surface area (Å²) >= 11 is 0. The van der Waals surface area contributed by atoms with Gasteiger partial charge in [-0.05, 0) is 39.5 Å². The fourth-order valence-corrected chi connectivity index (χ4v) is 1.90. The maximum Gasteiger partial charge on any atom is 0.302 e. The van der Waals surface area contributed by atoms with Gasteiger partial charge in [0.25, 0.3) is 0 Å². The Bertz CT molecular complexity index is 311. The Kier molecular flexibility index (Phi) is 5.82. The maximum atomic E-state index is 10.5. The van der Waals surface area contributed by atoms with Crippen molar-refractivity contribution in [3.63, 3.8) is 0 Å². The van der Waals surface area contributed by atoms with Crippen LogP contribution in [0.4, 0.5) is 0 Å². The fourth-order valence-electron chi connectivity index (χ4n) is 1.90. The van der Waals surface area contributed by atoms with E-state index in [1.54, 1.807) is 0 Å². The molecule has 2 atom stereocenters. The normalized spacial score (nSPS) is 27.1. The van der Waals surface area contributed by atoms with Crippen LogP contribution in [0.25, 0.3) is 0 Å². The highest BCUT2D eigenvalue weighted by molar-refractivity contribution is 5.65. The molecule has 4 nitrogen and oxygen atoms in total. The minimum Gasteiger partial charge on any atom is -0.466 e. The number of aliphatic hydroxyl groups excluding tert-OH is 1. The van der Waals surface area contributed by atoms with Gasteiger partial charge in [0.15, 0.2) is 0 Å². The molecule has 4 heteroatoms. The van der Waals surface area contributed by atoms with Crippen LogP contribution in [-0.4, -0.2) is 36.0 Å². The van der Waals surface area contributed by atoms with E-state index in [1.165, 1.54) is 12.5 Å². The van der Waals surface area contributed by atoms with Gasteiger partial charge in [-0.2, -0.15) is 0 Å². The first-order valence-electron chi connectivity index (χ1n) is 6.55. The Balaban J connectivity index is 2.06. The van der Waals surface area contributed by atoms with Gasteiger partial charge in [0.1, 0.15) is 5.60 Å². The minimum absolute atomic E-state index is 0.100. The molecule has 1 rings (SSSR count). The summed E-state index contributed by atoms with van der Waals surface area (Å²) < 4.78 is 10.3. The van der Waals surface area contributed by atoms with Crippen LogP contribution < -0.4 is 0 Å². The zero-order valence-corrected chi connectivity index (χ0v) is 11.6. The van der Waals surface area contributed by atoms with Crippen LogP contribution in [0.1, 0.15) is 46.5 Å². The van der Waals surface area contributed by atoms with Crippen LogP contribution in [0.5, 0.6) is 0 Å². The van der Waals surface area contributed by atoms with E-state index >= 15 is 0 Å². The Morgan fingerprint density at radius 1 is 1.50 bits per heavy atom. The van der Waals surface area contributed by atoms with Gasteiger partial charge in [-0.3, -0.25) is 4.79 Å². The van der Waals surface area contributed by atoms with Gasteiger partial charge in [0.2, 0.25) is 0 Å². The average molecular weight is 256 g/mol. The minimum atomic E-state index is -0.296. The fraction of sp³-hybridized carbons (Fsp3) is 0.786. The Labute approximate surface area is 109 Å². The molecule has 0 bridgehead atoms. The van der Waals surface area contributed by atoms with Crippen LogP contribution in [0.2, 0.25) is 0 Å². The molecule has 0 saturated carbocycles. The van der Waals surface area contributed by atoms with Crippen LogP contribution in [0.15, 0.2) is 11.6 Å². The predicted octanol–water partition coefficient (Wildman–Crippen LogP) is 2.21. The summed E-state index contributed by atoms with van der Waals surface area (Å²) in [4.78, 5) is 10.5. The molecule has 0 aromatic rings. The average Bonchev–Trinajstić information content (AvgIpc) is 2.98. The summed E-state index contributed by atoms with van der Waals surface area (Å²) in [6, 6.07) is 0. The van der Waals surface area contributed by atoms with Crippen molar-refractivity contribution in [3.05, 3.63) is 11.6 Å². The lowest BCUT2D eigenvalue weighted by molar-refractivity contribution is -0.141. The molecule has 1 N–H and O–H groups in total. The lowest BCUT2D eigenvalue weighted by Crippen LogP contribution is -2.14. The monoisotopic (exact) mass is 256 g/mol. The highest BCUT2D eigenvalue weighted by Gasteiger charge is 2.50. The number of unbranched alkanes of at least 4 members (excludes halogenated alkanes) is 1. The number of rotatable bonds is 8. The van der Waals surface area contributed by atoms with Gasteiger partial charge < -0.3 is 14.6 Å². The molecule has 1 aliphatic rings. The van der Waals surface area contributed by atoms with Gasteiger partial charge in [-0.25, -0.2) is 0 Å². The third-order valence-corrected chi connectivity index (χ3v) is 3.30. The number of carbonyl (C=O) groups is 1. The third-order valence-electron chi connectivity index (χ3n) is 3.30. The van der Waals surface area contributed by atoms with Crippen molar-refractivity contribution in [2.24, 2.45) is 0 Å². The summed E-state index contributed by atoms with van der Waals surface area (Å²) in [6.45, 7) is 6.06. The molecule has 0 amide bonds. The summed E-state index contributed by atoms with van der Waals surface area (Å²) in [5.74, 6) is -0.218. The zero-order valence-electron chi connectivity index (χ0n) is 11.6. The van der Waals surface area contributed by atoms with Crippen molar-refractivity contribution in [2.45, 2.75) is 58.2 Å². The number of epoxide rings is 1. The first-order chi connectivity index (χ1) is 8.48. The number of ether oxygens (including phenoxy) is 2. The number of allylic oxidation sites excluding steroid dienone is 2. The van der Waals surface area contributed by atoms with Crippen molar-refractivity contribution >= 4 is 5.97 Å². The first kappa shape index (κ1) is 15.2. The number of aliphatic hydroxyl groups is 1. The lowest BCUT2D eigenvalue weighted by atomic mass is 10.0. The van der Waals surface area contributed by atoms with E-state index in [0.717, 1.165) is 25.7 Å². The Morgan fingerprint density at radius 2 is 2.22 bits per heavy atom. The van der Waals surface area contributed by atoms with Gasteiger partial charge in [0, 0.05) is 6.92 Å². The van der Waals surface area contributed by atoms with Crippen molar-refractivity contribution in [1.29, 1.82) is 0 Å². The van der Waals surface area contributed by atoms with E-state index in [0.29, 0.717) is 6.61 Å². The predicted molar refractivity (Wildman–Crippen MR) is 69.2 cm³/mol. The van der Waals surface area contributed by atoms with Gasteiger partial charge in [-0.15, -0.1) is 0 Å². The number of hydrogen-bond donors (Lipinski definition) is 1. The van der Waals surface area contributed by atoms with Gasteiger partial charge >= 0.3 is 5.97 Å². The quantitative estimate of drug-likeness (QED) is 0.313. The number of carbonyl (C=O) groups excluding carboxylic acids is 1. The summed E-state index contributed by atoms with van der Waals surface area (Å²) in [5, 5.41) is 9.07. The Hall–Kier alpha value is -0.870. The molecule has 1 heterocycles. The van der Waals surface area contributed by atoms with E-state index in [1.807, 2.05) is 6.92 Å². The SMILES string of the molecule is CC(=O)OCCC/C=C(\C)CC[C@@H]1O[C@@]1(C)CO. The number of esters is 1. The van der Waals surface area contributed by atoms with E-state index in [2.05, 4.69) is 13.0 Å². The molecule has 104 valence electrons. The van der Waals surface area contributed by atoms with E-state index in [9.17, 15) is 4.79 Å². The molecule has 1 aliphatic heterocycles. The molecule has 0 radical (unpaired) electrons. The molecule has 0 spiro atoms. The van der Waals surface area contributed by atoms with E-state index < -0.39 is 0 Å². The standard InChI is InChI=1S/C14H24O4/c1-11(6-4-5-9-17-12(2)16)7-8-13-14(3,10-15)18-13/h6,13,15H,4-5,7-10H2,1-3H3/b11-6+/t13-,14-/m0/s1. The molecule has 0 aromatic carbocycles. The van der Waals surface area contributed by atoms with Crippen LogP contribution in [0, 0.1) is 0 Å². The molecule has 18 heavy (non-hydrogen) atoms.